The molecule has 2 amide bonds. The normalized spacial score (nSPS) is 15.9. The number of carbonyl (C=O) groups excluding carboxylic acids is 2. The Morgan fingerprint density at radius 3 is 2.47 bits per heavy atom. The standard InChI is InChI=1S/C20H13Cl2N5O2S/c21-12-3-1-5-14(7-12)26-11-17(18(28)25-20-24-10-16(9-23)30-20)19(29)27(26)15-6-2-4-13(22)8-15/h1-8,10,17H,11H2,(H,24,25,28). The monoisotopic (exact) mass is 457 g/mol. The van der Waals surface area contributed by atoms with Gasteiger partial charge in [0.05, 0.1) is 24.1 Å². The number of nitrogens with one attached hydrogen (secondary N) is 1. The van der Waals surface area contributed by atoms with E-state index in [1.165, 1.54) is 11.2 Å². The van der Waals surface area contributed by atoms with Gasteiger partial charge >= 0.3 is 0 Å². The molecule has 1 N–H and O–H groups in total. The third-order valence-corrected chi connectivity index (χ3v) is 5.71. The van der Waals surface area contributed by atoms with E-state index in [4.69, 9.17) is 28.5 Å². The quantitative estimate of drug-likeness (QED) is 0.588. The minimum atomic E-state index is -0.989. The lowest BCUT2D eigenvalue weighted by atomic mass is 10.1. The molecule has 150 valence electrons. The van der Waals surface area contributed by atoms with Gasteiger partial charge in [-0.25, -0.2) is 9.99 Å². The van der Waals surface area contributed by atoms with E-state index in [9.17, 15) is 9.59 Å². The highest BCUT2D eigenvalue weighted by Gasteiger charge is 2.43. The number of benzene rings is 2. The zero-order chi connectivity index (χ0) is 21.3. The number of amides is 2. The minimum absolute atomic E-state index is 0.105. The highest BCUT2D eigenvalue weighted by Crippen LogP contribution is 2.33. The molecule has 0 radical (unpaired) electrons. The Kier molecular flexibility index (Phi) is 5.59. The first kappa shape index (κ1) is 20.2. The van der Waals surface area contributed by atoms with Crippen molar-refractivity contribution in [2.24, 2.45) is 5.92 Å². The van der Waals surface area contributed by atoms with Crippen LogP contribution in [0.1, 0.15) is 4.88 Å². The van der Waals surface area contributed by atoms with Crippen LogP contribution in [0.2, 0.25) is 10.0 Å². The first-order valence-corrected chi connectivity index (χ1v) is 10.3. The smallest absolute Gasteiger partial charge is 0.260 e. The molecular formula is C20H13Cl2N5O2S. The van der Waals surface area contributed by atoms with Crippen LogP contribution in [0.4, 0.5) is 16.5 Å². The van der Waals surface area contributed by atoms with Crippen LogP contribution in [-0.2, 0) is 9.59 Å². The van der Waals surface area contributed by atoms with Gasteiger partial charge in [0.25, 0.3) is 5.91 Å². The molecule has 0 saturated carbocycles. The Labute approximate surface area is 186 Å². The number of halogens is 2. The second kappa shape index (κ2) is 8.32. The Bertz CT molecular complexity index is 1180. The molecule has 1 unspecified atom stereocenters. The summed E-state index contributed by atoms with van der Waals surface area (Å²) in [5, 5.41) is 15.9. The molecule has 1 aliphatic rings. The summed E-state index contributed by atoms with van der Waals surface area (Å²) in [6, 6.07) is 15.8. The Morgan fingerprint density at radius 1 is 1.17 bits per heavy atom. The maximum absolute atomic E-state index is 13.3. The molecule has 1 aromatic heterocycles. The van der Waals surface area contributed by atoms with Gasteiger partial charge in [-0.15, -0.1) is 0 Å². The molecule has 0 spiro atoms. The van der Waals surface area contributed by atoms with Gasteiger partial charge in [-0.3, -0.25) is 14.6 Å². The van der Waals surface area contributed by atoms with Crippen LogP contribution in [0.5, 0.6) is 0 Å². The van der Waals surface area contributed by atoms with Gasteiger partial charge in [0.1, 0.15) is 16.9 Å². The van der Waals surface area contributed by atoms with E-state index in [1.54, 1.807) is 53.5 Å². The van der Waals surface area contributed by atoms with Crippen LogP contribution in [-0.4, -0.2) is 23.3 Å². The van der Waals surface area contributed by atoms with E-state index in [2.05, 4.69) is 10.3 Å². The van der Waals surface area contributed by atoms with Crippen molar-refractivity contribution in [2.75, 3.05) is 21.9 Å². The van der Waals surface area contributed by atoms with Gasteiger partial charge in [-0.05, 0) is 36.4 Å². The molecule has 2 aromatic carbocycles. The van der Waals surface area contributed by atoms with E-state index in [0.29, 0.717) is 26.3 Å². The molecule has 1 atom stereocenters. The fourth-order valence-corrected chi connectivity index (χ4v) is 4.09. The number of hydrazine groups is 1. The number of hydrogen-bond acceptors (Lipinski definition) is 6. The number of aromatic nitrogens is 1. The zero-order valence-electron chi connectivity index (χ0n) is 15.3. The number of rotatable bonds is 4. The van der Waals surface area contributed by atoms with Crippen molar-refractivity contribution in [3.63, 3.8) is 0 Å². The summed E-state index contributed by atoms with van der Waals surface area (Å²) >= 11 is 13.3. The number of nitriles is 1. The van der Waals surface area contributed by atoms with Gasteiger partial charge in [0.15, 0.2) is 5.13 Å². The van der Waals surface area contributed by atoms with Crippen molar-refractivity contribution in [1.29, 1.82) is 5.26 Å². The van der Waals surface area contributed by atoms with Crippen LogP contribution in [0.3, 0.4) is 0 Å². The van der Waals surface area contributed by atoms with Gasteiger partial charge in [-0.1, -0.05) is 46.7 Å². The molecule has 7 nitrogen and oxygen atoms in total. The predicted octanol–water partition coefficient (Wildman–Crippen LogP) is 4.34. The molecule has 4 rings (SSSR count). The van der Waals surface area contributed by atoms with Crippen molar-refractivity contribution in [2.45, 2.75) is 0 Å². The summed E-state index contributed by atoms with van der Waals surface area (Å²) in [7, 11) is 0. The van der Waals surface area contributed by atoms with Crippen molar-refractivity contribution in [3.8, 4) is 6.07 Å². The average molecular weight is 458 g/mol. The van der Waals surface area contributed by atoms with E-state index < -0.39 is 17.7 Å². The third kappa shape index (κ3) is 3.96. The lowest BCUT2D eigenvalue weighted by molar-refractivity contribution is -0.128. The second-order valence-corrected chi connectivity index (χ2v) is 8.28. The molecule has 30 heavy (non-hydrogen) atoms. The second-order valence-electron chi connectivity index (χ2n) is 6.38. The molecular weight excluding hydrogens is 445 g/mol. The highest BCUT2D eigenvalue weighted by atomic mass is 35.5. The number of carbonyl (C=O) groups is 2. The number of thiazole rings is 1. The van der Waals surface area contributed by atoms with Gasteiger partial charge in [0.2, 0.25) is 5.91 Å². The Balaban J connectivity index is 1.67. The van der Waals surface area contributed by atoms with Gasteiger partial charge < -0.3 is 5.32 Å². The molecule has 1 aliphatic heterocycles. The number of anilines is 3. The van der Waals surface area contributed by atoms with Crippen molar-refractivity contribution in [1.82, 2.24) is 4.98 Å². The minimum Gasteiger partial charge on any atom is -0.301 e. The summed E-state index contributed by atoms with van der Waals surface area (Å²) in [4.78, 5) is 30.5. The maximum Gasteiger partial charge on any atom is 0.260 e. The molecule has 0 aliphatic carbocycles. The van der Waals surface area contributed by atoms with Crippen LogP contribution in [0.25, 0.3) is 0 Å². The SMILES string of the molecule is N#Cc1cnc(NC(=O)C2CN(c3cccc(Cl)c3)N(c3cccc(Cl)c3)C2=O)s1. The molecule has 1 saturated heterocycles. The van der Waals surface area contributed by atoms with Gasteiger partial charge in [-0.2, -0.15) is 5.26 Å². The lowest BCUT2D eigenvalue weighted by Crippen LogP contribution is -2.39. The Morgan fingerprint density at radius 2 is 1.83 bits per heavy atom. The van der Waals surface area contributed by atoms with E-state index in [0.717, 1.165) is 11.3 Å². The van der Waals surface area contributed by atoms with Crippen molar-refractivity contribution in [3.05, 3.63) is 69.7 Å². The topological polar surface area (TPSA) is 89.3 Å². The molecule has 3 aromatic rings. The molecule has 1 fully saturated rings. The van der Waals surface area contributed by atoms with Gasteiger partial charge in [0, 0.05) is 10.0 Å². The van der Waals surface area contributed by atoms with Crippen molar-refractivity contribution >= 4 is 62.9 Å². The first-order valence-electron chi connectivity index (χ1n) is 8.75. The number of hydrogen-bond donors (Lipinski definition) is 1. The summed E-state index contributed by atoms with van der Waals surface area (Å²) in [5.74, 6) is -1.90. The molecule has 2 heterocycles. The molecule has 0 bridgehead atoms. The summed E-state index contributed by atoms with van der Waals surface area (Å²) < 4.78 is 0. The van der Waals surface area contributed by atoms with Crippen LogP contribution in [0.15, 0.2) is 54.7 Å². The van der Waals surface area contributed by atoms with E-state index in [-0.39, 0.29) is 11.7 Å². The lowest BCUT2D eigenvalue weighted by Gasteiger charge is -2.29. The zero-order valence-corrected chi connectivity index (χ0v) is 17.6. The van der Waals surface area contributed by atoms with Crippen LogP contribution in [0, 0.1) is 17.2 Å². The van der Waals surface area contributed by atoms with Crippen molar-refractivity contribution < 1.29 is 9.59 Å². The average Bonchev–Trinajstić information content (AvgIpc) is 3.32. The highest BCUT2D eigenvalue weighted by molar-refractivity contribution is 7.16. The number of nitrogens with zero attached hydrogens (tertiary/aromatic N) is 4. The van der Waals surface area contributed by atoms with E-state index in [1.807, 2.05) is 6.07 Å². The van der Waals surface area contributed by atoms with Crippen LogP contribution >= 0.6 is 34.5 Å². The predicted molar refractivity (Wildman–Crippen MR) is 117 cm³/mol. The fraction of sp³-hybridized carbons (Fsp3) is 0.100. The molecule has 10 heteroatoms. The maximum atomic E-state index is 13.3. The Hall–Kier alpha value is -3.12. The third-order valence-electron chi connectivity index (χ3n) is 4.43. The first-order chi connectivity index (χ1) is 14.5. The largest absolute Gasteiger partial charge is 0.301 e. The van der Waals surface area contributed by atoms with E-state index >= 15 is 0 Å². The fourth-order valence-electron chi connectivity index (χ4n) is 3.10. The summed E-state index contributed by atoms with van der Waals surface area (Å²) in [6.07, 6.45) is 1.37. The van der Waals surface area contributed by atoms with Crippen LogP contribution < -0.4 is 15.3 Å². The summed E-state index contributed by atoms with van der Waals surface area (Å²) in [6.45, 7) is 0.105. The summed E-state index contributed by atoms with van der Waals surface area (Å²) in [5.41, 5.74) is 1.19.